The van der Waals surface area contributed by atoms with E-state index in [4.69, 9.17) is 16.6 Å². The lowest BCUT2D eigenvalue weighted by atomic mass is 9.75. The van der Waals surface area contributed by atoms with Gasteiger partial charge in [-0.15, -0.1) is 11.3 Å². The Morgan fingerprint density at radius 2 is 1.75 bits per heavy atom. The Balaban J connectivity index is 1.35. The molecule has 7 heteroatoms. The van der Waals surface area contributed by atoms with E-state index in [2.05, 4.69) is 10.6 Å². The molecule has 0 bridgehead atoms. The molecule has 0 spiro atoms. The second kappa shape index (κ2) is 9.61. The van der Waals surface area contributed by atoms with Crippen LogP contribution < -0.4 is 10.6 Å². The standard InChI is InChI=1S/C25H28ClN3O2S/c1-25(2,31)18-11-7-17(8-12-18)23-27-15-22(32-23)16-9-13-19(14-10-16)28-24(30)29-21-6-4-3-5-20(21)26/h3-6,9-10,13-15,17-18,31H,7-8,11-12H2,1-2H3,(H2,28,29,30). The highest BCUT2D eigenvalue weighted by Crippen LogP contribution is 2.42. The molecule has 168 valence electrons. The van der Waals surface area contributed by atoms with Crippen molar-refractivity contribution in [1.82, 2.24) is 4.98 Å². The number of carbonyl (C=O) groups excluding carboxylic acids is 1. The quantitative estimate of drug-likeness (QED) is 0.371. The lowest BCUT2D eigenvalue weighted by Gasteiger charge is -2.35. The third-order valence-electron chi connectivity index (χ3n) is 6.15. The summed E-state index contributed by atoms with van der Waals surface area (Å²) >= 11 is 7.82. The number of halogens is 1. The summed E-state index contributed by atoms with van der Waals surface area (Å²) in [5, 5.41) is 17.5. The van der Waals surface area contributed by atoms with Crippen LogP contribution in [0.4, 0.5) is 16.2 Å². The zero-order valence-electron chi connectivity index (χ0n) is 18.3. The average molecular weight is 470 g/mol. The molecule has 3 N–H and O–H groups in total. The molecule has 0 atom stereocenters. The van der Waals surface area contributed by atoms with Crippen molar-refractivity contribution in [2.24, 2.45) is 5.92 Å². The number of thiazole rings is 1. The fourth-order valence-corrected chi connectivity index (χ4v) is 5.50. The molecule has 0 radical (unpaired) electrons. The Morgan fingerprint density at radius 1 is 1.06 bits per heavy atom. The van der Waals surface area contributed by atoms with Gasteiger partial charge >= 0.3 is 6.03 Å². The molecule has 1 aliphatic rings. The molecule has 0 aliphatic heterocycles. The van der Waals surface area contributed by atoms with Gasteiger partial charge in [0, 0.05) is 17.8 Å². The summed E-state index contributed by atoms with van der Waals surface area (Å²) in [4.78, 5) is 18.1. The lowest BCUT2D eigenvalue weighted by molar-refractivity contribution is -0.00157. The normalized spacial score (nSPS) is 18.9. The maximum Gasteiger partial charge on any atom is 0.323 e. The number of aliphatic hydroxyl groups is 1. The first-order valence-electron chi connectivity index (χ1n) is 10.9. The molecule has 2 amide bonds. The van der Waals surface area contributed by atoms with Crippen LogP contribution in [0.3, 0.4) is 0 Å². The molecule has 1 aromatic heterocycles. The van der Waals surface area contributed by atoms with Gasteiger partial charge in [0.2, 0.25) is 0 Å². The van der Waals surface area contributed by atoms with E-state index >= 15 is 0 Å². The molecular weight excluding hydrogens is 442 g/mol. The third-order valence-corrected chi connectivity index (χ3v) is 7.69. The van der Waals surface area contributed by atoms with Crippen molar-refractivity contribution in [3.8, 4) is 10.4 Å². The minimum atomic E-state index is -0.598. The summed E-state index contributed by atoms with van der Waals surface area (Å²) in [6.45, 7) is 3.83. The number of urea groups is 1. The van der Waals surface area contributed by atoms with Gasteiger partial charge in [0.1, 0.15) is 0 Å². The summed E-state index contributed by atoms with van der Waals surface area (Å²) in [5.74, 6) is 0.843. The Labute approximate surface area is 197 Å². The second-order valence-corrected chi connectivity index (χ2v) is 10.4. The second-order valence-electron chi connectivity index (χ2n) is 8.90. The average Bonchev–Trinajstić information content (AvgIpc) is 3.26. The maximum absolute atomic E-state index is 12.2. The van der Waals surface area contributed by atoms with E-state index in [1.165, 1.54) is 5.01 Å². The summed E-state index contributed by atoms with van der Waals surface area (Å²) < 4.78 is 0. The summed E-state index contributed by atoms with van der Waals surface area (Å²) in [6, 6.07) is 14.5. The molecule has 5 nitrogen and oxygen atoms in total. The Hall–Kier alpha value is -2.41. The van der Waals surface area contributed by atoms with E-state index in [0.29, 0.717) is 28.2 Å². The predicted molar refractivity (Wildman–Crippen MR) is 133 cm³/mol. The van der Waals surface area contributed by atoms with Gasteiger partial charge in [0.05, 0.1) is 26.2 Å². The van der Waals surface area contributed by atoms with E-state index in [0.717, 1.165) is 36.1 Å². The molecular formula is C25H28ClN3O2S. The van der Waals surface area contributed by atoms with Crippen LogP contribution in [0.15, 0.2) is 54.7 Å². The number of hydrogen-bond donors (Lipinski definition) is 3. The van der Waals surface area contributed by atoms with Crippen LogP contribution in [0.1, 0.15) is 50.5 Å². The van der Waals surface area contributed by atoms with Crippen LogP contribution in [0.25, 0.3) is 10.4 Å². The van der Waals surface area contributed by atoms with Gasteiger partial charge in [-0.2, -0.15) is 0 Å². The molecule has 1 fully saturated rings. The Kier molecular flexibility index (Phi) is 6.84. The Morgan fingerprint density at radius 3 is 2.41 bits per heavy atom. The fourth-order valence-electron chi connectivity index (χ4n) is 4.22. The van der Waals surface area contributed by atoms with Gasteiger partial charge in [0.25, 0.3) is 0 Å². The monoisotopic (exact) mass is 469 g/mol. The molecule has 0 unspecified atom stereocenters. The van der Waals surface area contributed by atoms with Crippen LogP contribution in [0.2, 0.25) is 5.02 Å². The molecule has 32 heavy (non-hydrogen) atoms. The number of nitrogens with zero attached hydrogens (tertiary/aromatic N) is 1. The highest BCUT2D eigenvalue weighted by atomic mass is 35.5. The SMILES string of the molecule is CC(C)(O)C1CCC(c2ncc(-c3ccc(NC(=O)Nc4ccccc4Cl)cc3)s2)CC1. The molecule has 0 saturated heterocycles. The van der Waals surface area contributed by atoms with Crippen molar-refractivity contribution < 1.29 is 9.90 Å². The predicted octanol–water partition coefficient (Wildman–Crippen LogP) is 7.15. The summed E-state index contributed by atoms with van der Waals surface area (Å²) in [7, 11) is 0. The number of anilines is 2. The smallest absolute Gasteiger partial charge is 0.323 e. The van der Waals surface area contributed by atoms with Gasteiger partial charge in [-0.3, -0.25) is 0 Å². The van der Waals surface area contributed by atoms with Crippen LogP contribution in [0.5, 0.6) is 0 Å². The van der Waals surface area contributed by atoms with Gasteiger partial charge < -0.3 is 15.7 Å². The van der Waals surface area contributed by atoms with Crippen LogP contribution in [0, 0.1) is 5.92 Å². The zero-order valence-corrected chi connectivity index (χ0v) is 19.8. The largest absolute Gasteiger partial charge is 0.390 e. The van der Waals surface area contributed by atoms with Crippen LogP contribution in [-0.2, 0) is 0 Å². The highest BCUT2D eigenvalue weighted by molar-refractivity contribution is 7.15. The maximum atomic E-state index is 12.2. The molecule has 1 aliphatic carbocycles. The minimum absolute atomic E-state index is 0.340. The number of benzene rings is 2. The van der Waals surface area contributed by atoms with E-state index in [1.54, 1.807) is 23.5 Å². The van der Waals surface area contributed by atoms with Crippen molar-refractivity contribution >= 4 is 40.3 Å². The van der Waals surface area contributed by atoms with Crippen LogP contribution in [-0.4, -0.2) is 21.7 Å². The van der Waals surface area contributed by atoms with Crippen molar-refractivity contribution in [1.29, 1.82) is 0 Å². The number of amides is 2. The number of hydrogen-bond acceptors (Lipinski definition) is 4. The lowest BCUT2D eigenvalue weighted by Crippen LogP contribution is -2.33. The summed E-state index contributed by atoms with van der Waals surface area (Å²) in [6.07, 6.45) is 6.17. The van der Waals surface area contributed by atoms with Crippen molar-refractivity contribution in [2.75, 3.05) is 10.6 Å². The van der Waals surface area contributed by atoms with E-state index in [1.807, 2.05) is 56.4 Å². The number of rotatable bonds is 5. The van der Waals surface area contributed by atoms with Crippen molar-refractivity contribution in [2.45, 2.75) is 51.0 Å². The number of nitrogens with one attached hydrogen (secondary N) is 2. The molecule has 3 aromatic rings. The van der Waals surface area contributed by atoms with Crippen molar-refractivity contribution in [3.63, 3.8) is 0 Å². The third kappa shape index (κ3) is 5.49. The molecule has 1 heterocycles. The van der Waals surface area contributed by atoms with Gasteiger partial charge in [-0.1, -0.05) is 35.9 Å². The fraction of sp³-hybridized carbons (Fsp3) is 0.360. The number of carbonyl (C=O) groups is 1. The van der Waals surface area contributed by atoms with Crippen molar-refractivity contribution in [3.05, 3.63) is 64.8 Å². The summed E-state index contributed by atoms with van der Waals surface area (Å²) in [5.41, 5.74) is 1.75. The zero-order chi connectivity index (χ0) is 22.7. The first-order chi connectivity index (χ1) is 15.3. The van der Waals surface area contributed by atoms with Gasteiger partial charge in [-0.05, 0) is 75.3 Å². The van der Waals surface area contributed by atoms with Gasteiger partial charge in [-0.25, -0.2) is 9.78 Å². The number of aromatic nitrogens is 1. The minimum Gasteiger partial charge on any atom is -0.390 e. The highest BCUT2D eigenvalue weighted by Gasteiger charge is 2.32. The molecule has 4 rings (SSSR count). The molecule has 2 aromatic carbocycles. The van der Waals surface area contributed by atoms with E-state index in [-0.39, 0.29) is 6.03 Å². The van der Waals surface area contributed by atoms with E-state index in [9.17, 15) is 9.90 Å². The first kappa shape index (κ1) is 22.8. The van der Waals surface area contributed by atoms with Gasteiger partial charge in [0.15, 0.2) is 0 Å². The van der Waals surface area contributed by atoms with E-state index < -0.39 is 5.60 Å². The molecule has 1 saturated carbocycles. The topological polar surface area (TPSA) is 74.2 Å². The number of para-hydroxylation sites is 1. The van der Waals surface area contributed by atoms with Crippen LogP contribution >= 0.6 is 22.9 Å². The first-order valence-corrected chi connectivity index (χ1v) is 12.1. The Bertz CT molecular complexity index is 1070.